The molecule has 0 aromatic heterocycles. The van der Waals surface area contributed by atoms with Crippen molar-refractivity contribution >= 4 is 41.2 Å². The number of carbonyl (C=O) groups is 2. The lowest BCUT2D eigenvalue weighted by molar-refractivity contribution is -0.143. The molecule has 0 aliphatic carbocycles. The van der Waals surface area contributed by atoms with Crippen LogP contribution in [0.2, 0.25) is 10.0 Å². The quantitative estimate of drug-likeness (QED) is 0.811. The van der Waals surface area contributed by atoms with E-state index in [9.17, 15) is 9.59 Å². The number of hydrogen-bond acceptors (Lipinski definition) is 2. The number of hydrogen-bond donors (Lipinski definition) is 1. The molecule has 0 spiro atoms. The second kappa shape index (κ2) is 8.05. The molecule has 0 bridgehead atoms. The van der Waals surface area contributed by atoms with E-state index in [0.29, 0.717) is 22.2 Å². The van der Waals surface area contributed by atoms with E-state index in [2.05, 4.69) is 0 Å². The number of carbonyl (C=O) groups excluding carboxylic acids is 1. The van der Waals surface area contributed by atoms with Crippen LogP contribution in [0, 0.1) is 5.92 Å². The number of benzene rings is 1. The van der Waals surface area contributed by atoms with E-state index >= 15 is 0 Å². The van der Waals surface area contributed by atoms with Crippen molar-refractivity contribution < 1.29 is 14.7 Å². The van der Waals surface area contributed by atoms with Crippen LogP contribution in [0.3, 0.4) is 0 Å². The van der Waals surface area contributed by atoms with Crippen LogP contribution in [0.15, 0.2) is 24.3 Å². The summed E-state index contributed by atoms with van der Waals surface area (Å²) in [6.07, 6.45) is 2.84. The zero-order valence-corrected chi connectivity index (χ0v) is 13.4. The number of rotatable bonds is 6. The van der Waals surface area contributed by atoms with Crippen molar-refractivity contribution in [2.75, 3.05) is 13.1 Å². The summed E-state index contributed by atoms with van der Waals surface area (Å²) >= 11 is 11.9. The zero-order chi connectivity index (χ0) is 16.0. The normalized spacial score (nSPS) is 11.1. The maximum Gasteiger partial charge on any atom is 0.323 e. The summed E-state index contributed by atoms with van der Waals surface area (Å²) in [5, 5.41) is 9.83. The minimum absolute atomic E-state index is 0.177. The maximum absolute atomic E-state index is 12.1. The Bertz CT molecular complexity index is 556. The molecule has 1 aromatic rings. The fourth-order valence-electron chi connectivity index (χ4n) is 1.75. The predicted octanol–water partition coefficient (Wildman–Crippen LogP) is 3.58. The van der Waals surface area contributed by atoms with Gasteiger partial charge in [0.2, 0.25) is 5.91 Å². The van der Waals surface area contributed by atoms with Gasteiger partial charge in [0.25, 0.3) is 0 Å². The molecule has 0 heterocycles. The van der Waals surface area contributed by atoms with Crippen LogP contribution in [0.5, 0.6) is 0 Å². The van der Waals surface area contributed by atoms with Crippen molar-refractivity contribution in [2.45, 2.75) is 13.8 Å². The number of carboxylic acids is 1. The van der Waals surface area contributed by atoms with Crippen LogP contribution in [-0.2, 0) is 9.59 Å². The van der Waals surface area contributed by atoms with Crippen molar-refractivity contribution in [1.82, 2.24) is 4.90 Å². The first-order valence-electron chi connectivity index (χ1n) is 6.43. The zero-order valence-electron chi connectivity index (χ0n) is 11.8. The molecule has 0 saturated heterocycles. The van der Waals surface area contributed by atoms with Crippen molar-refractivity contribution in [2.24, 2.45) is 5.92 Å². The van der Waals surface area contributed by atoms with E-state index < -0.39 is 5.97 Å². The highest BCUT2D eigenvalue weighted by molar-refractivity contribution is 6.34. The number of halogens is 2. The molecule has 0 atom stereocenters. The molecule has 4 nitrogen and oxygen atoms in total. The van der Waals surface area contributed by atoms with Crippen LogP contribution >= 0.6 is 23.2 Å². The van der Waals surface area contributed by atoms with Crippen molar-refractivity contribution in [3.05, 3.63) is 39.9 Å². The van der Waals surface area contributed by atoms with Gasteiger partial charge in [-0.05, 0) is 35.8 Å². The molecule has 0 unspecified atom stereocenters. The standard InChI is InChI=1S/C15H17Cl2NO3/c1-10(2)8-18(9-15(20)21)14(19)6-3-11-7-12(16)4-5-13(11)17/h3-7,10H,8-9H2,1-2H3,(H,20,21). The van der Waals surface area contributed by atoms with Gasteiger partial charge in [0, 0.05) is 22.7 Å². The SMILES string of the molecule is CC(C)CN(CC(=O)O)C(=O)C=Cc1cc(Cl)ccc1Cl. The molecule has 1 amide bonds. The van der Waals surface area contributed by atoms with Gasteiger partial charge in [0.1, 0.15) is 6.54 Å². The number of amides is 1. The van der Waals surface area contributed by atoms with Crippen LogP contribution in [0.25, 0.3) is 6.08 Å². The second-order valence-electron chi connectivity index (χ2n) is 5.01. The molecule has 1 N–H and O–H groups in total. The average molecular weight is 330 g/mol. The molecular weight excluding hydrogens is 313 g/mol. The van der Waals surface area contributed by atoms with Gasteiger partial charge in [-0.1, -0.05) is 37.0 Å². The molecular formula is C15H17Cl2NO3. The molecule has 0 aliphatic rings. The lowest BCUT2D eigenvalue weighted by Crippen LogP contribution is -2.37. The number of nitrogens with zero attached hydrogens (tertiary/aromatic N) is 1. The van der Waals surface area contributed by atoms with Gasteiger partial charge in [-0.3, -0.25) is 9.59 Å². The Balaban J connectivity index is 2.86. The first-order valence-corrected chi connectivity index (χ1v) is 7.19. The fraction of sp³-hybridized carbons (Fsp3) is 0.333. The van der Waals surface area contributed by atoms with Crippen LogP contribution in [0.4, 0.5) is 0 Å². The van der Waals surface area contributed by atoms with Gasteiger partial charge in [0.15, 0.2) is 0 Å². The summed E-state index contributed by atoms with van der Waals surface area (Å²) in [5.41, 5.74) is 0.609. The summed E-state index contributed by atoms with van der Waals surface area (Å²) in [5.74, 6) is -1.24. The Morgan fingerprint density at radius 1 is 1.33 bits per heavy atom. The lowest BCUT2D eigenvalue weighted by atomic mass is 10.2. The van der Waals surface area contributed by atoms with E-state index in [1.54, 1.807) is 18.2 Å². The number of carboxylic acid groups (broad SMARTS) is 1. The van der Waals surface area contributed by atoms with Gasteiger partial charge in [-0.15, -0.1) is 0 Å². The molecule has 6 heteroatoms. The molecule has 114 valence electrons. The van der Waals surface area contributed by atoms with E-state index in [4.69, 9.17) is 28.3 Å². The predicted molar refractivity (Wildman–Crippen MR) is 84.5 cm³/mol. The minimum Gasteiger partial charge on any atom is -0.480 e. The highest BCUT2D eigenvalue weighted by Crippen LogP contribution is 2.21. The van der Waals surface area contributed by atoms with Gasteiger partial charge in [-0.25, -0.2) is 0 Å². The molecule has 1 rings (SSSR count). The van der Waals surface area contributed by atoms with E-state index in [-0.39, 0.29) is 18.4 Å². The van der Waals surface area contributed by atoms with Crippen molar-refractivity contribution in [3.8, 4) is 0 Å². The van der Waals surface area contributed by atoms with Crippen LogP contribution in [-0.4, -0.2) is 35.0 Å². The lowest BCUT2D eigenvalue weighted by Gasteiger charge is -2.21. The Hall–Kier alpha value is -1.52. The molecule has 0 radical (unpaired) electrons. The Morgan fingerprint density at radius 3 is 2.57 bits per heavy atom. The molecule has 1 aromatic carbocycles. The minimum atomic E-state index is -1.04. The monoisotopic (exact) mass is 329 g/mol. The third-order valence-corrected chi connectivity index (χ3v) is 3.17. The third kappa shape index (κ3) is 6.19. The average Bonchev–Trinajstić information content (AvgIpc) is 2.37. The van der Waals surface area contributed by atoms with E-state index in [1.807, 2.05) is 13.8 Å². The molecule has 0 fully saturated rings. The Labute approximate surface area is 134 Å². The van der Waals surface area contributed by atoms with Gasteiger partial charge < -0.3 is 10.0 Å². The second-order valence-corrected chi connectivity index (χ2v) is 5.85. The van der Waals surface area contributed by atoms with Crippen molar-refractivity contribution in [3.63, 3.8) is 0 Å². The molecule has 21 heavy (non-hydrogen) atoms. The van der Waals surface area contributed by atoms with Gasteiger partial charge in [-0.2, -0.15) is 0 Å². The van der Waals surface area contributed by atoms with Gasteiger partial charge >= 0.3 is 5.97 Å². The Kier molecular flexibility index (Phi) is 6.72. The first-order chi connectivity index (χ1) is 9.79. The van der Waals surface area contributed by atoms with Crippen molar-refractivity contribution in [1.29, 1.82) is 0 Å². The van der Waals surface area contributed by atoms with Gasteiger partial charge in [0.05, 0.1) is 0 Å². The summed E-state index contributed by atoms with van der Waals surface area (Å²) in [4.78, 5) is 24.2. The molecule has 0 aliphatic heterocycles. The Morgan fingerprint density at radius 2 is 2.00 bits per heavy atom. The maximum atomic E-state index is 12.1. The topological polar surface area (TPSA) is 57.6 Å². The molecule has 0 saturated carbocycles. The summed E-state index contributed by atoms with van der Waals surface area (Å²) in [7, 11) is 0. The van der Waals surface area contributed by atoms with E-state index in [1.165, 1.54) is 17.1 Å². The number of aliphatic carboxylic acids is 1. The highest BCUT2D eigenvalue weighted by Gasteiger charge is 2.15. The van der Waals surface area contributed by atoms with Crippen LogP contribution in [0.1, 0.15) is 19.4 Å². The van der Waals surface area contributed by atoms with E-state index in [0.717, 1.165) is 0 Å². The summed E-state index contributed by atoms with van der Waals surface area (Å²) in [6.45, 7) is 3.88. The first kappa shape index (κ1) is 17.5. The highest BCUT2D eigenvalue weighted by atomic mass is 35.5. The van der Waals surface area contributed by atoms with Crippen LogP contribution < -0.4 is 0 Å². The summed E-state index contributed by atoms with van der Waals surface area (Å²) in [6, 6.07) is 4.92. The largest absolute Gasteiger partial charge is 0.480 e. The fourth-order valence-corrected chi connectivity index (χ4v) is 2.11. The smallest absolute Gasteiger partial charge is 0.323 e. The summed E-state index contributed by atoms with van der Waals surface area (Å²) < 4.78 is 0. The third-order valence-electron chi connectivity index (χ3n) is 2.59.